The molecule has 0 spiro atoms. The van der Waals surface area contributed by atoms with Gasteiger partial charge >= 0.3 is 0 Å². The van der Waals surface area contributed by atoms with Crippen molar-refractivity contribution < 1.29 is 4.79 Å². The lowest BCUT2D eigenvalue weighted by atomic mass is 9.93. The molecule has 3 aliphatic heterocycles. The van der Waals surface area contributed by atoms with E-state index in [9.17, 15) is 4.79 Å². The van der Waals surface area contributed by atoms with Crippen LogP contribution in [0.2, 0.25) is 0 Å². The van der Waals surface area contributed by atoms with Crippen LogP contribution in [0.15, 0.2) is 57.0 Å². The Bertz CT molecular complexity index is 870. The molecule has 1 unspecified atom stereocenters. The van der Waals surface area contributed by atoms with Gasteiger partial charge in [0, 0.05) is 19.3 Å². The monoisotopic (exact) mass is 346 g/mol. The second-order valence-electron chi connectivity index (χ2n) is 6.84. The standard InChI is InChI=1S/C21H22N4O/c1-15-7-3-4-8-16(15)9-10-17-11-12-22-19-18(17)20(26)24-21(23-19)25-13-5-2-6-14-25/h3-4,7-12,18H,2,5-6,13-14H2,1H3/b10-9+. The first-order chi connectivity index (χ1) is 12.7. The van der Waals surface area contributed by atoms with Crippen molar-refractivity contribution in [1.29, 1.82) is 0 Å². The number of guanidine groups is 1. The first-order valence-electron chi connectivity index (χ1n) is 9.16. The zero-order valence-electron chi connectivity index (χ0n) is 14.9. The van der Waals surface area contributed by atoms with Crippen molar-refractivity contribution in [3.63, 3.8) is 0 Å². The van der Waals surface area contributed by atoms with Gasteiger partial charge in [-0.05, 0) is 49.0 Å². The van der Waals surface area contributed by atoms with Crippen LogP contribution >= 0.6 is 0 Å². The van der Waals surface area contributed by atoms with Crippen LogP contribution in [0.1, 0.15) is 30.4 Å². The number of nitrogens with zero attached hydrogens (tertiary/aromatic N) is 4. The van der Waals surface area contributed by atoms with E-state index >= 15 is 0 Å². The Labute approximate surface area is 153 Å². The summed E-state index contributed by atoms with van der Waals surface area (Å²) in [5, 5.41) is 0. The van der Waals surface area contributed by atoms with Gasteiger partial charge in [0.2, 0.25) is 5.96 Å². The van der Waals surface area contributed by atoms with Crippen LogP contribution < -0.4 is 0 Å². The minimum Gasteiger partial charge on any atom is -0.341 e. The molecule has 0 aromatic heterocycles. The number of aliphatic imine (C=N–C) groups is 3. The first-order valence-corrected chi connectivity index (χ1v) is 9.16. The van der Waals surface area contributed by atoms with Gasteiger partial charge in [0.15, 0.2) is 0 Å². The highest BCUT2D eigenvalue weighted by Gasteiger charge is 2.34. The van der Waals surface area contributed by atoms with Crippen LogP contribution in [-0.2, 0) is 4.79 Å². The molecule has 0 radical (unpaired) electrons. The maximum absolute atomic E-state index is 12.7. The maximum atomic E-state index is 12.7. The van der Waals surface area contributed by atoms with Crippen molar-refractivity contribution in [2.24, 2.45) is 20.9 Å². The quantitative estimate of drug-likeness (QED) is 0.824. The maximum Gasteiger partial charge on any atom is 0.264 e. The predicted octanol–water partition coefficient (Wildman–Crippen LogP) is 3.42. The minimum atomic E-state index is -0.492. The molecular weight excluding hydrogens is 324 g/mol. The van der Waals surface area contributed by atoms with E-state index in [1.54, 1.807) is 6.21 Å². The summed E-state index contributed by atoms with van der Waals surface area (Å²) < 4.78 is 0. The number of fused-ring (bicyclic) bond motifs is 1. The largest absolute Gasteiger partial charge is 0.341 e. The van der Waals surface area contributed by atoms with E-state index in [-0.39, 0.29) is 5.91 Å². The van der Waals surface area contributed by atoms with Crippen molar-refractivity contribution in [2.75, 3.05) is 13.1 Å². The number of benzene rings is 1. The average Bonchev–Trinajstić information content (AvgIpc) is 2.68. The molecule has 3 aliphatic rings. The molecule has 0 aliphatic carbocycles. The van der Waals surface area contributed by atoms with Gasteiger partial charge in [0.25, 0.3) is 5.91 Å². The molecule has 132 valence electrons. The SMILES string of the molecule is Cc1ccccc1/C=C/C1=CC=NC2=NC(N3CCCCC3)=NC(=O)C12. The third-order valence-electron chi connectivity index (χ3n) is 5.02. The fraction of sp³-hybridized carbons (Fsp3) is 0.333. The lowest BCUT2D eigenvalue weighted by Gasteiger charge is -2.30. The molecule has 0 bridgehead atoms. The van der Waals surface area contributed by atoms with Crippen LogP contribution in [-0.4, -0.2) is 41.9 Å². The number of carbonyl (C=O) groups excluding carboxylic acids is 1. The lowest BCUT2D eigenvalue weighted by Crippen LogP contribution is -2.40. The Morgan fingerprint density at radius 2 is 1.88 bits per heavy atom. The highest BCUT2D eigenvalue weighted by atomic mass is 16.1. The first kappa shape index (κ1) is 16.6. The van der Waals surface area contributed by atoms with Gasteiger partial charge in [-0.15, -0.1) is 0 Å². The van der Waals surface area contributed by atoms with Gasteiger partial charge in [-0.1, -0.05) is 36.4 Å². The van der Waals surface area contributed by atoms with Gasteiger partial charge in [-0.2, -0.15) is 9.98 Å². The molecule has 5 heteroatoms. The predicted molar refractivity (Wildman–Crippen MR) is 106 cm³/mol. The van der Waals surface area contributed by atoms with E-state index in [4.69, 9.17) is 0 Å². The van der Waals surface area contributed by atoms with Gasteiger partial charge in [0.05, 0.1) is 0 Å². The summed E-state index contributed by atoms with van der Waals surface area (Å²) in [7, 11) is 0. The zero-order chi connectivity index (χ0) is 17.9. The van der Waals surface area contributed by atoms with E-state index in [1.807, 2.05) is 30.4 Å². The van der Waals surface area contributed by atoms with Crippen molar-refractivity contribution in [3.8, 4) is 0 Å². The van der Waals surface area contributed by atoms with Gasteiger partial charge in [-0.3, -0.25) is 4.79 Å². The van der Waals surface area contributed by atoms with E-state index in [0.717, 1.165) is 37.1 Å². The van der Waals surface area contributed by atoms with Crippen molar-refractivity contribution in [3.05, 3.63) is 53.1 Å². The number of amidine groups is 1. The van der Waals surface area contributed by atoms with Crippen molar-refractivity contribution >= 4 is 30.0 Å². The van der Waals surface area contributed by atoms with Crippen LogP contribution in [0.4, 0.5) is 0 Å². The van der Waals surface area contributed by atoms with Crippen LogP contribution in [0, 0.1) is 12.8 Å². The number of amides is 1. The average molecular weight is 346 g/mol. The Morgan fingerprint density at radius 3 is 2.69 bits per heavy atom. The number of likely N-dealkylation sites (tertiary alicyclic amines) is 1. The highest BCUT2D eigenvalue weighted by molar-refractivity contribution is 6.20. The fourth-order valence-electron chi connectivity index (χ4n) is 3.50. The second-order valence-corrected chi connectivity index (χ2v) is 6.84. The summed E-state index contributed by atoms with van der Waals surface area (Å²) in [6, 6.07) is 8.17. The molecule has 1 aromatic carbocycles. The summed E-state index contributed by atoms with van der Waals surface area (Å²) >= 11 is 0. The number of allylic oxidation sites excluding steroid dienone is 2. The van der Waals surface area contributed by atoms with Gasteiger partial charge < -0.3 is 4.90 Å². The van der Waals surface area contributed by atoms with Crippen molar-refractivity contribution in [2.45, 2.75) is 26.2 Å². The number of piperidine rings is 1. The fourth-order valence-corrected chi connectivity index (χ4v) is 3.50. The molecule has 0 N–H and O–H groups in total. The molecule has 5 nitrogen and oxygen atoms in total. The van der Waals surface area contributed by atoms with E-state index < -0.39 is 5.92 Å². The smallest absolute Gasteiger partial charge is 0.264 e. The Balaban J connectivity index is 1.58. The van der Waals surface area contributed by atoms with Crippen LogP contribution in [0.3, 0.4) is 0 Å². The van der Waals surface area contributed by atoms with Crippen LogP contribution in [0.5, 0.6) is 0 Å². The molecule has 1 atom stereocenters. The Morgan fingerprint density at radius 1 is 1.08 bits per heavy atom. The summed E-state index contributed by atoms with van der Waals surface area (Å²) in [6.45, 7) is 3.89. The molecular formula is C21H22N4O. The normalized spacial score (nSPS) is 22.8. The number of rotatable bonds is 2. The van der Waals surface area contributed by atoms with E-state index in [1.165, 1.54) is 12.0 Å². The zero-order valence-corrected chi connectivity index (χ0v) is 14.9. The molecule has 1 saturated heterocycles. The number of hydrogen-bond acceptors (Lipinski definition) is 4. The third kappa shape index (κ3) is 3.29. The highest BCUT2D eigenvalue weighted by Crippen LogP contribution is 2.25. The number of hydrogen-bond donors (Lipinski definition) is 0. The molecule has 0 saturated carbocycles. The molecule has 1 fully saturated rings. The summed E-state index contributed by atoms with van der Waals surface area (Å²) in [6.07, 6.45) is 11.1. The molecule has 1 amide bonds. The summed E-state index contributed by atoms with van der Waals surface area (Å²) in [5.74, 6) is 0.418. The third-order valence-corrected chi connectivity index (χ3v) is 5.02. The number of dihydropyridines is 1. The second kappa shape index (κ2) is 7.20. The lowest BCUT2D eigenvalue weighted by molar-refractivity contribution is -0.118. The molecule has 26 heavy (non-hydrogen) atoms. The van der Waals surface area contributed by atoms with Crippen LogP contribution in [0.25, 0.3) is 6.08 Å². The van der Waals surface area contributed by atoms with E-state index in [0.29, 0.717) is 11.8 Å². The summed E-state index contributed by atoms with van der Waals surface area (Å²) in [5.41, 5.74) is 3.21. The Hall–Kier alpha value is -2.82. The summed E-state index contributed by atoms with van der Waals surface area (Å²) in [4.78, 5) is 28.1. The minimum absolute atomic E-state index is 0.173. The Kier molecular flexibility index (Phi) is 4.61. The molecule has 3 heterocycles. The van der Waals surface area contributed by atoms with Crippen molar-refractivity contribution in [1.82, 2.24) is 4.90 Å². The van der Waals surface area contributed by atoms with Gasteiger partial charge in [0.1, 0.15) is 11.8 Å². The number of aryl methyl sites for hydroxylation is 1. The van der Waals surface area contributed by atoms with E-state index in [2.05, 4.69) is 38.9 Å². The number of carbonyl (C=O) groups is 1. The molecule has 4 rings (SSSR count). The topological polar surface area (TPSA) is 57.4 Å². The molecule has 1 aromatic rings. The van der Waals surface area contributed by atoms with Gasteiger partial charge in [-0.25, -0.2) is 4.99 Å².